The number of sulfonamides is 1. The average Bonchev–Trinajstić information content (AvgIpc) is 2.48. The summed E-state index contributed by atoms with van der Waals surface area (Å²) in [6, 6.07) is 6.67. The van der Waals surface area contributed by atoms with Crippen LogP contribution in [-0.2, 0) is 14.8 Å². The largest absolute Gasteiger partial charge is 0.465 e. The van der Waals surface area contributed by atoms with E-state index in [0.717, 1.165) is 25.3 Å². The summed E-state index contributed by atoms with van der Waals surface area (Å²) < 4.78 is 58.6. The van der Waals surface area contributed by atoms with Gasteiger partial charge in [-0.25, -0.2) is 22.0 Å². The van der Waals surface area contributed by atoms with Crippen LogP contribution in [0.25, 0.3) is 0 Å². The molecular weight excluding hydrogens is 396 g/mol. The first-order valence-electron chi connectivity index (χ1n) is 6.11. The number of methoxy groups -OCH3 is 1. The van der Waals surface area contributed by atoms with Gasteiger partial charge < -0.3 is 4.74 Å². The number of nitrogens with one attached hydrogen (secondary N) is 1. The van der Waals surface area contributed by atoms with Gasteiger partial charge in [-0.1, -0.05) is 12.1 Å². The Hall–Kier alpha value is -2.00. The maximum atomic E-state index is 14.0. The van der Waals surface area contributed by atoms with E-state index < -0.39 is 32.5 Å². The zero-order chi connectivity index (χ0) is 17.2. The number of hydrogen-bond acceptors (Lipinski definition) is 4. The van der Waals surface area contributed by atoms with Crippen molar-refractivity contribution in [2.45, 2.75) is 4.90 Å². The summed E-state index contributed by atoms with van der Waals surface area (Å²) in [5, 5.41) is 0. The van der Waals surface area contributed by atoms with Crippen molar-refractivity contribution in [2.24, 2.45) is 0 Å². The molecule has 0 bridgehead atoms. The van der Waals surface area contributed by atoms with Gasteiger partial charge in [0, 0.05) is 4.47 Å². The van der Waals surface area contributed by atoms with Gasteiger partial charge in [-0.2, -0.15) is 0 Å². The number of anilines is 1. The summed E-state index contributed by atoms with van der Waals surface area (Å²) in [4.78, 5) is 10.8. The molecule has 2 aromatic rings. The molecule has 0 fully saturated rings. The molecule has 0 amide bonds. The lowest BCUT2D eigenvalue weighted by atomic mass is 10.2. The van der Waals surface area contributed by atoms with E-state index in [9.17, 15) is 22.0 Å². The minimum absolute atomic E-state index is 0.0340. The molecule has 0 spiro atoms. The first-order chi connectivity index (χ1) is 10.8. The second-order valence-corrected chi connectivity index (χ2v) is 6.84. The lowest BCUT2D eigenvalue weighted by Crippen LogP contribution is -2.17. The average molecular weight is 406 g/mol. The van der Waals surface area contributed by atoms with Crippen LogP contribution < -0.4 is 4.72 Å². The van der Waals surface area contributed by atoms with E-state index in [4.69, 9.17) is 0 Å². The normalized spacial score (nSPS) is 11.1. The van der Waals surface area contributed by atoms with Gasteiger partial charge >= 0.3 is 5.97 Å². The molecule has 23 heavy (non-hydrogen) atoms. The van der Waals surface area contributed by atoms with Gasteiger partial charge in [-0.05, 0) is 40.2 Å². The van der Waals surface area contributed by atoms with Crippen LogP contribution in [0.5, 0.6) is 0 Å². The van der Waals surface area contributed by atoms with Crippen molar-refractivity contribution in [3.8, 4) is 0 Å². The predicted molar refractivity (Wildman–Crippen MR) is 82.6 cm³/mol. The number of carbonyl (C=O) groups excluding carboxylic acids is 1. The molecule has 2 rings (SSSR count). The molecule has 0 heterocycles. The third-order valence-corrected chi connectivity index (χ3v) is 4.87. The third kappa shape index (κ3) is 3.67. The molecule has 9 heteroatoms. The van der Waals surface area contributed by atoms with E-state index in [2.05, 4.69) is 20.7 Å². The van der Waals surface area contributed by atoms with Gasteiger partial charge in [0.25, 0.3) is 10.0 Å². The van der Waals surface area contributed by atoms with Crippen LogP contribution in [0, 0.1) is 11.6 Å². The first-order valence-corrected chi connectivity index (χ1v) is 8.38. The van der Waals surface area contributed by atoms with Gasteiger partial charge in [-0.15, -0.1) is 0 Å². The topological polar surface area (TPSA) is 72.5 Å². The van der Waals surface area contributed by atoms with E-state index in [1.54, 1.807) is 0 Å². The van der Waals surface area contributed by atoms with Crippen LogP contribution in [0.1, 0.15) is 10.4 Å². The fourth-order valence-electron chi connectivity index (χ4n) is 1.75. The molecule has 0 aromatic heterocycles. The second-order valence-electron chi connectivity index (χ2n) is 4.34. The molecule has 122 valence electrons. The second kappa shape index (κ2) is 6.63. The van der Waals surface area contributed by atoms with Crippen LogP contribution in [0.4, 0.5) is 14.5 Å². The summed E-state index contributed by atoms with van der Waals surface area (Å²) in [7, 11) is -3.34. The fourth-order valence-corrected chi connectivity index (χ4v) is 3.38. The molecule has 5 nitrogen and oxygen atoms in total. The van der Waals surface area contributed by atoms with Crippen LogP contribution in [0.2, 0.25) is 0 Å². The number of esters is 1. The van der Waals surface area contributed by atoms with E-state index in [-0.39, 0.29) is 15.7 Å². The summed E-state index contributed by atoms with van der Waals surface area (Å²) >= 11 is 2.95. The van der Waals surface area contributed by atoms with Crippen molar-refractivity contribution < 1.29 is 26.7 Å². The Bertz CT molecular complexity index is 871. The molecule has 2 aromatic carbocycles. The van der Waals surface area contributed by atoms with E-state index in [1.807, 2.05) is 4.72 Å². The van der Waals surface area contributed by atoms with Crippen molar-refractivity contribution in [3.05, 3.63) is 58.1 Å². The van der Waals surface area contributed by atoms with Gasteiger partial charge in [0.2, 0.25) is 0 Å². The quantitative estimate of drug-likeness (QED) is 0.791. The van der Waals surface area contributed by atoms with E-state index >= 15 is 0 Å². The van der Waals surface area contributed by atoms with Crippen molar-refractivity contribution >= 4 is 37.6 Å². The monoisotopic (exact) mass is 405 g/mol. The summed E-state index contributed by atoms with van der Waals surface area (Å²) in [6.45, 7) is 0. The summed E-state index contributed by atoms with van der Waals surface area (Å²) in [5.74, 6) is -2.77. The Kier molecular flexibility index (Phi) is 5.00. The van der Waals surface area contributed by atoms with Crippen molar-refractivity contribution in [2.75, 3.05) is 11.8 Å². The Labute approximate surface area is 139 Å². The molecule has 0 atom stereocenters. The Morgan fingerprint density at radius 2 is 1.83 bits per heavy atom. The molecule has 0 saturated heterocycles. The van der Waals surface area contributed by atoms with Crippen molar-refractivity contribution in [3.63, 3.8) is 0 Å². The molecule has 0 aliphatic rings. The number of rotatable bonds is 4. The van der Waals surface area contributed by atoms with E-state index in [1.165, 1.54) is 18.2 Å². The Morgan fingerprint density at radius 3 is 2.43 bits per heavy atom. The maximum Gasteiger partial charge on any atom is 0.339 e. The highest BCUT2D eigenvalue weighted by atomic mass is 79.9. The van der Waals surface area contributed by atoms with Crippen molar-refractivity contribution in [1.29, 1.82) is 0 Å². The lowest BCUT2D eigenvalue weighted by Gasteiger charge is -2.11. The zero-order valence-corrected chi connectivity index (χ0v) is 14.0. The van der Waals surface area contributed by atoms with Crippen LogP contribution >= 0.6 is 15.9 Å². The summed E-state index contributed by atoms with van der Waals surface area (Å²) in [6.07, 6.45) is 0. The van der Waals surface area contributed by atoms with Crippen LogP contribution in [0.15, 0.2) is 45.8 Å². The van der Waals surface area contributed by atoms with Crippen LogP contribution in [-0.4, -0.2) is 21.5 Å². The minimum Gasteiger partial charge on any atom is -0.465 e. The zero-order valence-electron chi connectivity index (χ0n) is 11.6. The number of ether oxygens (including phenoxy) is 1. The molecular formula is C14H10BrF2NO4S. The van der Waals surface area contributed by atoms with Gasteiger partial charge in [0.05, 0.1) is 18.4 Å². The highest BCUT2D eigenvalue weighted by Gasteiger charge is 2.24. The lowest BCUT2D eigenvalue weighted by molar-refractivity contribution is 0.0599. The Balaban J connectivity index is 2.52. The summed E-state index contributed by atoms with van der Waals surface area (Å²) in [5.41, 5.74) is -0.516. The Morgan fingerprint density at radius 1 is 1.17 bits per heavy atom. The number of halogens is 3. The number of para-hydroxylation sites is 1. The molecule has 0 saturated carbocycles. The first kappa shape index (κ1) is 17.4. The fraction of sp³-hybridized carbons (Fsp3) is 0.0714. The smallest absolute Gasteiger partial charge is 0.339 e. The molecule has 0 unspecified atom stereocenters. The van der Waals surface area contributed by atoms with Gasteiger partial charge in [0.1, 0.15) is 16.5 Å². The molecule has 0 radical (unpaired) electrons. The highest BCUT2D eigenvalue weighted by Crippen LogP contribution is 2.27. The standard InChI is InChI=1S/C14H10BrF2NO4S/c1-22-14(19)8-6-13(11(17)7-9(8)15)23(20,21)18-12-5-3-2-4-10(12)16/h2-7,18H,1H3. The highest BCUT2D eigenvalue weighted by molar-refractivity contribution is 9.10. The minimum atomic E-state index is -4.44. The SMILES string of the molecule is COC(=O)c1cc(S(=O)(=O)Nc2ccccc2F)c(F)cc1Br. The molecule has 0 aliphatic carbocycles. The maximum absolute atomic E-state index is 14.0. The van der Waals surface area contributed by atoms with Crippen molar-refractivity contribution in [1.82, 2.24) is 0 Å². The van der Waals surface area contributed by atoms with Gasteiger partial charge in [0.15, 0.2) is 0 Å². The van der Waals surface area contributed by atoms with Gasteiger partial charge in [-0.3, -0.25) is 4.72 Å². The number of carbonyl (C=O) groups is 1. The number of hydrogen-bond donors (Lipinski definition) is 1. The number of benzene rings is 2. The predicted octanol–water partition coefficient (Wildman–Crippen LogP) is 3.31. The van der Waals surface area contributed by atoms with E-state index in [0.29, 0.717) is 0 Å². The third-order valence-electron chi connectivity index (χ3n) is 2.83. The molecule has 0 aliphatic heterocycles. The van der Waals surface area contributed by atoms with Crippen LogP contribution in [0.3, 0.4) is 0 Å². The molecule has 1 N–H and O–H groups in total.